The van der Waals surface area contributed by atoms with Crippen LogP contribution in [0.4, 0.5) is 13.2 Å². The Kier molecular flexibility index (Phi) is 5.44. The summed E-state index contributed by atoms with van der Waals surface area (Å²) >= 11 is 3.23. The third kappa shape index (κ3) is 3.94. The minimum Gasteiger partial charge on any atom is -0.327 e. The number of nitrogens with zero attached hydrogens (tertiary/aromatic N) is 1. The summed E-state index contributed by atoms with van der Waals surface area (Å²) in [6.07, 6.45) is -1.66. The second-order valence-corrected chi connectivity index (χ2v) is 8.68. The lowest BCUT2D eigenvalue weighted by atomic mass is 9.92. The number of rotatable bonds is 3. The molecule has 0 aliphatic carbocycles. The molecule has 0 radical (unpaired) electrons. The molecule has 150 valence electrons. The highest BCUT2D eigenvalue weighted by molar-refractivity contribution is 7.98. The molecule has 0 bridgehead atoms. The van der Waals surface area contributed by atoms with Gasteiger partial charge in [-0.2, -0.15) is 13.2 Å². The molecule has 0 saturated heterocycles. The monoisotopic (exact) mass is 433 g/mol. The maximum atomic E-state index is 13.3. The fourth-order valence-electron chi connectivity index (χ4n) is 3.65. The van der Waals surface area contributed by atoms with Crippen molar-refractivity contribution in [1.82, 2.24) is 4.90 Å². The maximum absolute atomic E-state index is 13.3. The van der Waals surface area contributed by atoms with E-state index >= 15 is 0 Å². The lowest BCUT2D eigenvalue weighted by Gasteiger charge is -2.36. The molecule has 3 aromatic rings. The van der Waals surface area contributed by atoms with Gasteiger partial charge in [-0.15, -0.1) is 23.1 Å². The molecule has 0 saturated carbocycles. The summed E-state index contributed by atoms with van der Waals surface area (Å²) in [6, 6.07) is 14.2. The highest BCUT2D eigenvalue weighted by atomic mass is 32.2. The molecule has 2 nitrogen and oxygen atoms in total. The molecule has 1 amide bonds. The first-order chi connectivity index (χ1) is 13.9. The zero-order chi connectivity index (χ0) is 20.6. The molecule has 2 heterocycles. The number of thiophene rings is 1. The molecular formula is C22H18F3NOS2. The first kappa shape index (κ1) is 20.0. The van der Waals surface area contributed by atoms with E-state index in [1.54, 1.807) is 40.1 Å². The lowest BCUT2D eigenvalue weighted by molar-refractivity contribution is -0.137. The van der Waals surface area contributed by atoms with Gasteiger partial charge in [0.05, 0.1) is 11.6 Å². The predicted molar refractivity (Wildman–Crippen MR) is 111 cm³/mol. The molecule has 2 aromatic carbocycles. The molecule has 0 fully saturated rings. The van der Waals surface area contributed by atoms with Gasteiger partial charge in [0.15, 0.2) is 0 Å². The van der Waals surface area contributed by atoms with Gasteiger partial charge in [-0.3, -0.25) is 4.79 Å². The van der Waals surface area contributed by atoms with Crippen molar-refractivity contribution in [1.29, 1.82) is 0 Å². The number of halogens is 3. The van der Waals surface area contributed by atoms with Gasteiger partial charge in [0.1, 0.15) is 0 Å². The summed E-state index contributed by atoms with van der Waals surface area (Å²) in [7, 11) is 0. The Labute approximate surface area is 175 Å². The van der Waals surface area contributed by atoms with Crippen LogP contribution < -0.4 is 0 Å². The number of thioether (sulfide) groups is 1. The average Bonchev–Trinajstić information content (AvgIpc) is 3.21. The van der Waals surface area contributed by atoms with E-state index in [1.807, 2.05) is 29.8 Å². The van der Waals surface area contributed by atoms with Gasteiger partial charge in [-0.05, 0) is 71.6 Å². The largest absolute Gasteiger partial charge is 0.416 e. The summed E-state index contributed by atoms with van der Waals surface area (Å²) in [5, 5.41) is 1.98. The van der Waals surface area contributed by atoms with Crippen molar-refractivity contribution in [3.8, 4) is 0 Å². The molecule has 1 atom stereocenters. The zero-order valence-corrected chi connectivity index (χ0v) is 17.2. The highest BCUT2D eigenvalue weighted by Gasteiger charge is 2.35. The number of hydrogen-bond donors (Lipinski definition) is 0. The van der Waals surface area contributed by atoms with Crippen molar-refractivity contribution in [2.45, 2.75) is 23.5 Å². The highest BCUT2D eigenvalue weighted by Crippen LogP contribution is 2.39. The molecule has 1 aromatic heterocycles. The zero-order valence-electron chi connectivity index (χ0n) is 15.6. The third-order valence-electron chi connectivity index (χ3n) is 5.12. The lowest BCUT2D eigenvalue weighted by Crippen LogP contribution is -2.40. The quantitative estimate of drug-likeness (QED) is 0.453. The topological polar surface area (TPSA) is 20.3 Å². The van der Waals surface area contributed by atoms with Crippen molar-refractivity contribution >= 4 is 29.0 Å². The Balaban J connectivity index is 1.72. The van der Waals surface area contributed by atoms with Gasteiger partial charge in [-0.25, -0.2) is 0 Å². The molecule has 0 N–H and O–H groups in total. The molecule has 29 heavy (non-hydrogen) atoms. The number of benzene rings is 2. The molecule has 1 aliphatic heterocycles. The van der Waals surface area contributed by atoms with Crippen molar-refractivity contribution in [2.24, 2.45) is 0 Å². The summed E-state index contributed by atoms with van der Waals surface area (Å²) in [5.41, 5.74) is 1.58. The van der Waals surface area contributed by atoms with E-state index in [9.17, 15) is 18.0 Å². The number of alkyl halides is 3. The van der Waals surface area contributed by atoms with Crippen LogP contribution in [0.5, 0.6) is 0 Å². The second-order valence-electron chi connectivity index (χ2n) is 6.80. The minimum atomic E-state index is -4.38. The van der Waals surface area contributed by atoms with Crippen molar-refractivity contribution in [3.63, 3.8) is 0 Å². The van der Waals surface area contributed by atoms with E-state index in [4.69, 9.17) is 0 Å². The number of amides is 1. The summed E-state index contributed by atoms with van der Waals surface area (Å²) in [6.45, 7) is 0.530. The molecular weight excluding hydrogens is 415 g/mol. The molecule has 0 spiro atoms. The van der Waals surface area contributed by atoms with E-state index < -0.39 is 11.7 Å². The van der Waals surface area contributed by atoms with Crippen LogP contribution in [-0.4, -0.2) is 23.6 Å². The number of carbonyl (C=O) groups excluding carboxylic acids is 1. The van der Waals surface area contributed by atoms with E-state index in [-0.39, 0.29) is 11.9 Å². The van der Waals surface area contributed by atoms with E-state index in [0.29, 0.717) is 17.7 Å². The SMILES string of the molecule is CSc1ccc(C(=O)N2CCc3sccc3C2c2ccc(C(F)(F)F)cc2)cc1. The van der Waals surface area contributed by atoms with Crippen molar-refractivity contribution < 1.29 is 18.0 Å². The third-order valence-corrected chi connectivity index (χ3v) is 6.86. The van der Waals surface area contributed by atoms with Crippen LogP contribution in [0.3, 0.4) is 0 Å². The normalized spacial score (nSPS) is 16.6. The van der Waals surface area contributed by atoms with Crippen LogP contribution in [0.2, 0.25) is 0 Å². The first-order valence-electron chi connectivity index (χ1n) is 9.07. The standard InChI is InChI=1S/C22H18F3NOS2/c1-28-17-8-4-15(5-9-17)21(27)26-12-10-19-18(11-13-29-19)20(26)14-2-6-16(7-3-14)22(23,24)25/h2-9,11,13,20H,10,12H2,1H3. The van der Waals surface area contributed by atoms with Gasteiger partial charge in [0, 0.05) is 21.9 Å². The molecule has 4 rings (SSSR count). The van der Waals surface area contributed by atoms with Crippen LogP contribution >= 0.6 is 23.1 Å². The number of carbonyl (C=O) groups is 1. The van der Waals surface area contributed by atoms with Crippen LogP contribution in [0.25, 0.3) is 0 Å². The Bertz CT molecular complexity index is 1010. The van der Waals surface area contributed by atoms with Crippen LogP contribution in [0, 0.1) is 0 Å². The fraction of sp³-hybridized carbons (Fsp3) is 0.227. The van der Waals surface area contributed by atoms with E-state index in [1.165, 1.54) is 17.0 Å². The molecule has 7 heteroatoms. The van der Waals surface area contributed by atoms with Crippen LogP contribution in [0.1, 0.15) is 38.0 Å². The smallest absolute Gasteiger partial charge is 0.327 e. The minimum absolute atomic E-state index is 0.112. The first-order valence-corrected chi connectivity index (χ1v) is 11.2. The van der Waals surface area contributed by atoms with Crippen molar-refractivity contribution in [2.75, 3.05) is 12.8 Å². The van der Waals surface area contributed by atoms with Crippen LogP contribution in [0.15, 0.2) is 64.9 Å². The second kappa shape index (κ2) is 7.88. The van der Waals surface area contributed by atoms with Gasteiger partial charge in [-0.1, -0.05) is 12.1 Å². The van der Waals surface area contributed by atoms with E-state index in [0.717, 1.165) is 29.0 Å². The summed E-state index contributed by atoms with van der Waals surface area (Å²) in [4.78, 5) is 17.3. The van der Waals surface area contributed by atoms with Gasteiger partial charge in [0.2, 0.25) is 0 Å². The summed E-state index contributed by atoms with van der Waals surface area (Å²) < 4.78 is 38.9. The van der Waals surface area contributed by atoms with Crippen molar-refractivity contribution in [3.05, 3.63) is 87.1 Å². The Morgan fingerprint density at radius 2 is 1.76 bits per heavy atom. The number of fused-ring (bicyclic) bond motifs is 1. The fourth-order valence-corrected chi connectivity index (χ4v) is 4.96. The van der Waals surface area contributed by atoms with Gasteiger partial charge >= 0.3 is 6.18 Å². The Morgan fingerprint density at radius 3 is 2.38 bits per heavy atom. The van der Waals surface area contributed by atoms with Gasteiger partial charge in [0.25, 0.3) is 5.91 Å². The molecule has 1 aliphatic rings. The van der Waals surface area contributed by atoms with Crippen LogP contribution in [-0.2, 0) is 12.6 Å². The predicted octanol–water partition coefficient (Wildman–Crippen LogP) is 6.28. The average molecular weight is 434 g/mol. The van der Waals surface area contributed by atoms with Gasteiger partial charge < -0.3 is 4.90 Å². The Hall–Kier alpha value is -2.25. The summed E-state index contributed by atoms with van der Waals surface area (Å²) in [5.74, 6) is -0.112. The number of hydrogen-bond acceptors (Lipinski definition) is 3. The maximum Gasteiger partial charge on any atom is 0.416 e. The van der Waals surface area contributed by atoms with E-state index in [2.05, 4.69) is 0 Å². The Morgan fingerprint density at radius 1 is 1.07 bits per heavy atom. The molecule has 1 unspecified atom stereocenters.